The highest BCUT2D eigenvalue weighted by molar-refractivity contribution is 6.48. The van der Waals surface area contributed by atoms with Crippen LogP contribution >= 0.6 is 11.6 Å². The number of nitro benzene ring substituents is 1. The van der Waals surface area contributed by atoms with Crippen LogP contribution < -0.4 is 9.80 Å². The number of hydrogen-bond acceptors (Lipinski definition) is 5. The molecule has 0 spiro atoms. The van der Waals surface area contributed by atoms with Crippen molar-refractivity contribution in [1.82, 2.24) is 0 Å². The van der Waals surface area contributed by atoms with Crippen LogP contribution in [0.4, 0.5) is 17.1 Å². The van der Waals surface area contributed by atoms with Gasteiger partial charge in [-0.3, -0.25) is 19.7 Å². The predicted octanol–water partition coefficient (Wildman–Crippen LogP) is 4.67. The topological polar surface area (TPSA) is 83.8 Å². The monoisotopic (exact) mass is 433 g/mol. The first-order valence-corrected chi connectivity index (χ1v) is 9.69. The third-order valence-electron chi connectivity index (χ3n) is 5.00. The van der Waals surface area contributed by atoms with E-state index >= 15 is 0 Å². The molecular formula is C23H16ClN3O4. The van der Waals surface area contributed by atoms with Crippen molar-refractivity contribution in [2.45, 2.75) is 0 Å². The fourth-order valence-corrected chi connectivity index (χ4v) is 3.69. The molecule has 0 radical (unpaired) electrons. The summed E-state index contributed by atoms with van der Waals surface area (Å²) in [5, 5.41) is 11.3. The van der Waals surface area contributed by atoms with Crippen LogP contribution in [0.5, 0.6) is 0 Å². The van der Waals surface area contributed by atoms with Gasteiger partial charge in [-0.15, -0.1) is 0 Å². The SMILES string of the molecule is CN(C1=C(c2ccc([N+](=O)[O-])cc2)C(=O)N(c2ccccc2Cl)C1=O)c1ccccc1. The predicted molar refractivity (Wildman–Crippen MR) is 119 cm³/mol. The number of halogens is 1. The molecule has 0 atom stereocenters. The molecule has 1 heterocycles. The lowest BCUT2D eigenvalue weighted by atomic mass is 10.0. The molecule has 31 heavy (non-hydrogen) atoms. The molecule has 0 unspecified atom stereocenters. The van der Waals surface area contributed by atoms with Crippen molar-refractivity contribution >= 4 is 46.1 Å². The van der Waals surface area contributed by atoms with Gasteiger partial charge in [-0.25, -0.2) is 4.90 Å². The number of anilines is 2. The first-order valence-electron chi connectivity index (χ1n) is 9.31. The Morgan fingerprint density at radius 3 is 2.10 bits per heavy atom. The van der Waals surface area contributed by atoms with E-state index in [1.54, 1.807) is 36.2 Å². The quantitative estimate of drug-likeness (QED) is 0.331. The Bertz CT molecular complexity index is 1220. The van der Waals surface area contributed by atoms with Crippen molar-refractivity contribution in [2.24, 2.45) is 0 Å². The highest BCUT2D eigenvalue weighted by atomic mass is 35.5. The van der Waals surface area contributed by atoms with Gasteiger partial charge < -0.3 is 4.90 Å². The van der Waals surface area contributed by atoms with Crippen LogP contribution in [0.2, 0.25) is 5.02 Å². The lowest BCUT2D eigenvalue weighted by molar-refractivity contribution is -0.384. The van der Waals surface area contributed by atoms with E-state index in [-0.39, 0.29) is 27.7 Å². The van der Waals surface area contributed by atoms with E-state index in [4.69, 9.17) is 11.6 Å². The highest BCUT2D eigenvalue weighted by Gasteiger charge is 2.42. The number of non-ortho nitro benzene ring substituents is 1. The maximum Gasteiger partial charge on any atom is 0.282 e. The number of para-hydroxylation sites is 2. The fourth-order valence-electron chi connectivity index (χ4n) is 3.47. The second kappa shape index (κ2) is 8.04. The van der Waals surface area contributed by atoms with E-state index in [0.29, 0.717) is 11.3 Å². The summed E-state index contributed by atoms with van der Waals surface area (Å²) in [6, 6.07) is 21.3. The summed E-state index contributed by atoms with van der Waals surface area (Å²) in [4.78, 5) is 40.1. The first-order chi connectivity index (χ1) is 14.9. The van der Waals surface area contributed by atoms with Crippen molar-refractivity contribution in [1.29, 1.82) is 0 Å². The Morgan fingerprint density at radius 1 is 0.871 bits per heavy atom. The largest absolute Gasteiger partial charge is 0.339 e. The van der Waals surface area contributed by atoms with Gasteiger partial charge in [0, 0.05) is 24.9 Å². The number of hydrogen-bond donors (Lipinski definition) is 0. The molecule has 7 nitrogen and oxygen atoms in total. The Kier molecular flexibility index (Phi) is 5.27. The van der Waals surface area contributed by atoms with Crippen LogP contribution in [-0.4, -0.2) is 23.8 Å². The van der Waals surface area contributed by atoms with E-state index in [2.05, 4.69) is 0 Å². The number of likely N-dealkylation sites (N-methyl/N-ethyl adjacent to an activating group) is 1. The van der Waals surface area contributed by atoms with Crippen molar-refractivity contribution in [3.8, 4) is 0 Å². The van der Waals surface area contributed by atoms with Gasteiger partial charge in [0.25, 0.3) is 17.5 Å². The van der Waals surface area contributed by atoms with Crippen molar-refractivity contribution in [2.75, 3.05) is 16.8 Å². The fraction of sp³-hybridized carbons (Fsp3) is 0.0435. The van der Waals surface area contributed by atoms with Crippen molar-refractivity contribution in [3.63, 3.8) is 0 Å². The first kappa shape index (κ1) is 20.3. The Morgan fingerprint density at radius 2 is 1.48 bits per heavy atom. The summed E-state index contributed by atoms with van der Waals surface area (Å²) in [7, 11) is 1.69. The summed E-state index contributed by atoms with van der Waals surface area (Å²) in [6.07, 6.45) is 0. The molecule has 0 saturated heterocycles. The molecule has 8 heteroatoms. The van der Waals surface area contributed by atoms with Crippen LogP contribution in [0.3, 0.4) is 0 Å². The Hall–Kier alpha value is -3.97. The minimum absolute atomic E-state index is 0.109. The van der Waals surface area contributed by atoms with E-state index in [1.807, 2.05) is 30.3 Å². The van der Waals surface area contributed by atoms with E-state index < -0.39 is 16.7 Å². The van der Waals surface area contributed by atoms with E-state index in [0.717, 1.165) is 4.90 Å². The number of nitro groups is 1. The summed E-state index contributed by atoms with van der Waals surface area (Å²) < 4.78 is 0. The molecule has 4 rings (SSSR count). The normalized spacial score (nSPS) is 13.7. The van der Waals surface area contributed by atoms with Crippen molar-refractivity contribution in [3.05, 3.63) is 105 Å². The molecule has 0 aliphatic carbocycles. The van der Waals surface area contributed by atoms with Crippen LogP contribution in [-0.2, 0) is 9.59 Å². The molecule has 2 amide bonds. The average molecular weight is 434 g/mol. The zero-order chi connectivity index (χ0) is 22.1. The number of amides is 2. The van der Waals surface area contributed by atoms with Gasteiger partial charge >= 0.3 is 0 Å². The lowest BCUT2D eigenvalue weighted by Gasteiger charge is -2.22. The highest BCUT2D eigenvalue weighted by Crippen LogP contribution is 2.38. The maximum absolute atomic E-state index is 13.5. The number of imide groups is 1. The standard InChI is InChI=1S/C23H16ClN3O4/c1-25(16-7-3-2-4-8-16)21-20(15-11-13-17(14-12-15)27(30)31)22(28)26(23(21)29)19-10-6-5-9-18(19)24/h2-14H,1H3. The van der Waals surface area contributed by atoms with Gasteiger partial charge in [0.05, 0.1) is 21.2 Å². The van der Waals surface area contributed by atoms with Gasteiger partial charge in [-0.05, 0) is 42.0 Å². The average Bonchev–Trinajstić information content (AvgIpc) is 3.04. The zero-order valence-electron chi connectivity index (χ0n) is 16.4. The van der Waals surface area contributed by atoms with Gasteiger partial charge in [0.2, 0.25) is 0 Å². The molecule has 0 N–H and O–H groups in total. The zero-order valence-corrected chi connectivity index (χ0v) is 17.1. The molecule has 0 bridgehead atoms. The second-order valence-electron chi connectivity index (χ2n) is 6.82. The molecule has 0 fully saturated rings. The third-order valence-corrected chi connectivity index (χ3v) is 5.32. The molecule has 1 aliphatic rings. The third kappa shape index (κ3) is 3.55. The number of carbonyl (C=O) groups is 2. The number of nitrogens with zero attached hydrogens (tertiary/aromatic N) is 3. The number of benzene rings is 3. The van der Waals surface area contributed by atoms with E-state index in [1.165, 1.54) is 24.3 Å². The molecule has 3 aromatic rings. The van der Waals surface area contributed by atoms with Gasteiger partial charge in [-0.2, -0.15) is 0 Å². The smallest absolute Gasteiger partial charge is 0.282 e. The van der Waals surface area contributed by atoms with Crippen LogP contribution in [0.15, 0.2) is 84.6 Å². The van der Waals surface area contributed by atoms with Gasteiger partial charge in [0.1, 0.15) is 5.70 Å². The van der Waals surface area contributed by atoms with Crippen molar-refractivity contribution < 1.29 is 14.5 Å². The molecule has 0 aromatic heterocycles. The van der Waals surface area contributed by atoms with E-state index in [9.17, 15) is 19.7 Å². The summed E-state index contributed by atoms with van der Waals surface area (Å²) >= 11 is 6.28. The summed E-state index contributed by atoms with van der Waals surface area (Å²) in [6.45, 7) is 0. The summed E-state index contributed by atoms with van der Waals surface area (Å²) in [5.74, 6) is -1.08. The van der Waals surface area contributed by atoms with Gasteiger partial charge in [0.15, 0.2) is 0 Å². The molecular weight excluding hydrogens is 418 g/mol. The lowest BCUT2D eigenvalue weighted by Crippen LogP contribution is -2.34. The van der Waals surface area contributed by atoms with Crippen LogP contribution in [0.1, 0.15) is 5.56 Å². The number of rotatable bonds is 5. The molecule has 1 aliphatic heterocycles. The molecule has 3 aromatic carbocycles. The Balaban J connectivity index is 1.89. The second-order valence-corrected chi connectivity index (χ2v) is 7.23. The minimum atomic E-state index is -0.551. The minimum Gasteiger partial charge on any atom is -0.339 e. The summed E-state index contributed by atoms with van der Waals surface area (Å²) in [5.41, 5.74) is 1.57. The number of carbonyl (C=O) groups excluding carboxylic acids is 2. The van der Waals surface area contributed by atoms with Crippen LogP contribution in [0, 0.1) is 10.1 Å². The molecule has 0 saturated carbocycles. The molecule has 154 valence electrons. The Labute approximate surface area is 182 Å². The van der Waals surface area contributed by atoms with Crippen LogP contribution in [0.25, 0.3) is 5.57 Å². The maximum atomic E-state index is 13.5. The van der Waals surface area contributed by atoms with Gasteiger partial charge in [-0.1, -0.05) is 41.9 Å².